The van der Waals surface area contributed by atoms with E-state index < -0.39 is 0 Å². The van der Waals surface area contributed by atoms with Gasteiger partial charge in [0, 0.05) is 6.04 Å². The van der Waals surface area contributed by atoms with E-state index in [1.54, 1.807) is 11.5 Å². The molecule has 0 aliphatic heterocycles. The number of nitrogens with zero attached hydrogens (tertiary/aromatic N) is 2. The highest BCUT2D eigenvalue weighted by molar-refractivity contribution is 7.05. The Morgan fingerprint density at radius 1 is 1.39 bits per heavy atom. The zero-order valence-corrected chi connectivity index (χ0v) is 12.5. The summed E-state index contributed by atoms with van der Waals surface area (Å²) in [6.45, 7) is 8.10. The van der Waals surface area contributed by atoms with Crippen molar-refractivity contribution in [2.75, 3.05) is 6.54 Å². The second kappa shape index (κ2) is 6.62. The second-order valence-electron chi connectivity index (χ2n) is 5.78. The van der Waals surface area contributed by atoms with Crippen LogP contribution in [0.1, 0.15) is 57.4 Å². The minimum absolute atomic E-state index is 0.472. The van der Waals surface area contributed by atoms with Crippen LogP contribution in [0.2, 0.25) is 0 Å². The lowest BCUT2D eigenvalue weighted by atomic mass is 9.73. The molecule has 3 nitrogen and oxygen atoms in total. The molecule has 1 aliphatic carbocycles. The van der Waals surface area contributed by atoms with Gasteiger partial charge in [0.2, 0.25) is 0 Å². The van der Waals surface area contributed by atoms with Gasteiger partial charge in [-0.1, -0.05) is 31.7 Å². The SMILES string of the molecule is CCCNC(c1cnns1)C1CCC(C)C(C)C1. The first-order valence-corrected chi connectivity index (χ1v) is 8.00. The summed E-state index contributed by atoms with van der Waals surface area (Å²) in [7, 11) is 0. The van der Waals surface area contributed by atoms with E-state index in [2.05, 4.69) is 35.7 Å². The fourth-order valence-electron chi connectivity index (χ4n) is 3.00. The molecule has 1 aromatic rings. The van der Waals surface area contributed by atoms with Gasteiger partial charge in [-0.15, -0.1) is 5.10 Å². The second-order valence-corrected chi connectivity index (χ2v) is 6.60. The molecule has 4 atom stereocenters. The van der Waals surface area contributed by atoms with Crippen molar-refractivity contribution in [1.29, 1.82) is 0 Å². The molecule has 1 N–H and O–H groups in total. The summed E-state index contributed by atoms with van der Waals surface area (Å²) in [4.78, 5) is 1.32. The van der Waals surface area contributed by atoms with Crippen LogP contribution in [0.25, 0.3) is 0 Å². The Balaban J connectivity index is 2.04. The smallest absolute Gasteiger partial charge is 0.0669 e. The van der Waals surface area contributed by atoms with Crippen molar-refractivity contribution in [3.8, 4) is 0 Å². The van der Waals surface area contributed by atoms with Gasteiger partial charge in [0.25, 0.3) is 0 Å². The average molecular weight is 267 g/mol. The highest BCUT2D eigenvalue weighted by Crippen LogP contribution is 2.40. The van der Waals surface area contributed by atoms with E-state index in [4.69, 9.17) is 0 Å². The van der Waals surface area contributed by atoms with Gasteiger partial charge < -0.3 is 5.32 Å². The van der Waals surface area contributed by atoms with Crippen molar-refractivity contribution < 1.29 is 0 Å². The van der Waals surface area contributed by atoms with Crippen molar-refractivity contribution in [2.45, 2.75) is 52.5 Å². The van der Waals surface area contributed by atoms with Crippen LogP contribution < -0.4 is 5.32 Å². The number of hydrogen-bond donors (Lipinski definition) is 1. The van der Waals surface area contributed by atoms with Crippen molar-refractivity contribution in [1.82, 2.24) is 14.9 Å². The van der Waals surface area contributed by atoms with Gasteiger partial charge in [-0.25, -0.2) is 0 Å². The minimum atomic E-state index is 0.472. The van der Waals surface area contributed by atoms with Gasteiger partial charge in [0.15, 0.2) is 0 Å². The van der Waals surface area contributed by atoms with E-state index >= 15 is 0 Å². The molecule has 1 aromatic heterocycles. The van der Waals surface area contributed by atoms with Crippen molar-refractivity contribution in [3.63, 3.8) is 0 Å². The van der Waals surface area contributed by atoms with Gasteiger partial charge in [-0.3, -0.25) is 0 Å². The molecule has 0 amide bonds. The first-order chi connectivity index (χ1) is 8.72. The molecule has 0 bridgehead atoms. The number of aromatic nitrogens is 2. The summed E-state index contributed by atoms with van der Waals surface area (Å²) >= 11 is 1.55. The Kier molecular flexibility index (Phi) is 5.13. The summed E-state index contributed by atoms with van der Waals surface area (Å²) < 4.78 is 4.03. The maximum absolute atomic E-state index is 4.03. The molecule has 4 unspecified atom stereocenters. The molecule has 1 heterocycles. The van der Waals surface area contributed by atoms with Gasteiger partial charge in [-0.05, 0) is 55.1 Å². The maximum Gasteiger partial charge on any atom is 0.0669 e. The Morgan fingerprint density at radius 2 is 2.22 bits per heavy atom. The summed E-state index contributed by atoms with van der Waals surface area (Å²) in [5.41, 5.74) is 0. The first-order valence-electron chi connectivity index (χ1n) is 7.23. The predicted molar refractivity (Wildman–Crippen MR) is 76.6 cm³/mol. The fourth-order valence-corrected chi connectivity index (χ4v) is 3.68. The minimum Gasteiger partial charge on any atom is -0.309 e. The van der Waals surface area contributed by atoms with E-state index in [0.717, 1.165) is 24.3 Å². The Bertz CT molecular complexity index is 339. The Labute approximate surface area is 115 Å². The fraction of sp³-hybridized carbons (Fsp3) is 0.857. The Hall–Kier alpha value is -0.480. The van der Waals surface area contributed by atoms with Crippen LogP contribution in [0.4, 0.5) is 0 Å². The lowest BCUT2D eigenvalue weighted by Gasteiger charge is -2.36. The van der Waals surface area contributed by atoms with E-state index in [9.17, 15) is 0 Å². The zero-order chi connectivity index (χ0) is 13.0. The summed E-state index contributed by atoms with van der Waals surface area (Å²) in [6, 6.07) is 0.472. The molecular formula is C14H25N3S. The molecule has 102 valence electrons. The lowest BCUT2D eigenvalue weighted by molar-refractivity contribution is 0.172. The quantitative estimate of drug-likeness (QED) is 0.885. The molecule has 1 aliphatic rings. The standard InChI is InChI=1S/C14H25N3S/c1-4-7-15-14(13-9-16-17-18-13)12-6-5-10(2)11(3)8-12/h9-12,14-15H,4-8H2,1-3H3. The molecule has 0 radical (unpaired) electrons. The van der Waals surface area contributed by atoms with E-state index in [-0.39, 0.29) is 0 Å². The van der Waals surface area contributed by atoms with Gasteiger partial charge in [-0.2, -0.15) is 0 Å². The summed E-state index contributed by atoms with van der Waals surface area (Å²) in [6.07, 6.45) is 7.16. The molecule has 4 heteroatoms. The average Bonchev–Trinajstić information content (AvgIpc) is 2.88. The highest BCUT2D eigenvalue weighted by Gasteiger charge is 2.31. The van der Waals surface area contributed by atoms with Crippen LogP contribution >= 0.6 is 11.5 Å². The predicted octanol–water partition coefficient (Wildman–Crippen LogP) is 3.65. The maximum atomic E-state index is 4.03. The lowest BCUT2D eigenvalue weighted by Crippen LogP contribution is -2.33. The summed E-state index contributed by atoms with van der Waals surface area (Å²) in [5.74, 6) is 2.48. The zero-order valence-electron chi connectivity index (χ0n) is 11.7. The molecule has 2 rings (SSSR count). The molecular weight excluding hydrogens is 242 g/mol. The third-order valence-electron chi connectivity index (χ3n) is 4.41. The molecule has 1 saturated carbocycles. The van der Waals surface area contributed by atoms with Crippen LogP contribution in [0.5, 0.6) is 0 Å². The molecule has 0 aromatic carbocycles. The monoisotopic (exact) mass is 267 g/mol. The number of rotatable bonds is 5. The molecule has 0 saturated heterocycles. The normalized spacial score (nSPS) is 30.3. The summed E-state index contributed by atoms with van der Waals surface area (Å²) in [5, 5.41) is 7.72. The number of hydrogen-bond acceptors (Lipinski definition) is 4. The number of nitrogens with one attached hydrogen (secondary N) is 1. The van der Waals surface area contributed by atoms with Crippen LogP contribution in [0.3, 0.4) is 0 Å². The third kappa shape index (κ3) is 3.29. The first kappa shape index (κ1) is 13.9. The Morgan fingerprint density at radius 3 is 2.83 bits per heavy atom. The van der Waals surface area contributed by atoms with E-state index in [0.29, 0.717) is 6.04 Å². The topological polar surface area (TPSA) is 37.8 Å². The van der Waals surface area contributed by atoms with E-state index in [1.807, 2.05) is 6.20 Å². The third-order valence-corrected chi connectivity index (χ3v) is 5.16. The molecule has 0 spiro atoms. The molecule has 1 fully saturated rings. The van der Waals surface area contributed by atoms with Crippen molar-refractivity contribution in [3.05, 3.63) is 11.1 Å². The molecule has 18 heavy (non-hydrogen) atoms. The van der Waals surface area contributed by atoms with Crippen molar-refractivity contribution >= 4 is 11.5 Å². The van der Waals surface area contributed by atoms with Crippen LogP contribution in [0, 0.1) is 17.8 Å². The van der Waals surface area contributed by atoms with Crippen LogP contribution in [-0.4, -0.2) is 16.1 Å². The van der Waals surface area contributed by atoms with E-state index in [1.165, 1.54) is 30.6 Å². The van der Waals surface area contributed by atoms with Gasteiger partial charge >= 0.3 is 0 Å². The van der Waals surface area contributed by atoms with Gasteiger partial charge in [0.1, 0.15) is 0 Å². The van der Waals surface area contributed by atoms with Crippen LogP contribution in [0.15, 0.2) is 6.20 Å². The van der Waals surface area contributed by atoms with Crippen LogP contribution in [-0.2, 0) is 0 Å². The largest absolute Gasteiger partial charge is 0.309 e. The highest BCUT2D eigenvalue weighted by atomic mass is 32.1. The van der Waals surface area contributed by atoms with Crippen molar-refractivity contribution in [2.24, 2.45) is 17.8 Å². The van der Waals surface area contributed by atoms with Gasteiger partial charge in [0.05, 0.1) is 11.1 Å².